The van der Waals surface area contributed by atoms with E-state index in [1.807, 2.05) is 82.9 Å². The lowest BCUT2D eigenvalue weighted by Gasteiger charge is -2.31. The van der Waals surface area contributed by atoms with Gasteiger partial charge in [-0.25, -0.2) is 0 Å². The number of carbonyl (C=O) groups excluding carboxylic acids is 1. The van der Waals surface area contributed by atoms with Gasteiger partial charge in [0, 0.05) is 46.1 Å². The predicted octanol–water partition coefficient (Wildman–Crippen LogP) is 7.54. The zero-order chi connectivity index (χ0) is 25.5. The van der Waals surface area contributed by atoms with Crippen molar-refractivity contribution in [3.8, 4) is 0 Å². The van der Waals surface area contributed by atoms with E-state index in [4.69, 9.17) is 51.1 Å². The van der Waals surface area contributed by atoms with E-state index in [0.717, 1.165) is 16.8 Å². The van der Waals surface area contributed by atoms with Crippen molar-refractivity contribution in [2.45, 2.75) is 24.6 Å². The van der Waals surface area contributed by atoms with Gasteiger partial charge in [-0.2, -0.15) is 0 Å². The minimum absolute atomic E-state index is 0.0438. The number of para-hydroxylation sites is 1. The normalized spacial score (nSPS) is 14.7. The molecule has 0 saturated carbocycles. The van der Waals surface area contributed by atoms with E-state index in [1.165, 1.54) is 0 Å². The van der Waals surface area contributed by atoms with Crippen LogP contribution in [-0.4, -0.2) is 34.4 Å². The Morgan fingerprint density at radius 1 is 0.944 bits per heavy atom. The number of alkyl halides is 1. The summed E-state index contributed by atoms with van der Waals surface area (Å²) in [7, 11) is 0. The molecular formula is C27H25Cl4N3O2. The first-order chi connectivity index (χ1) is 17.4. The van der Waals surface area contributed by atoms with Gasteiger partial charge < -0.3 is 19.9 Å². The highest BCUT2D eigenvalue weighted by Crippen LogP contribution is 2.33. The molecule has 1 amide bonds. The summed E-state index contributed by atoms with van der Waals surface area (Å²) in [5, 5.41) is 4.63. The summed E-state index contributed by atoms with van der Waals surface area (Å²) in [4.78, 5) is 16.3. The Balaban J connectivity index is 1.37. The number of amides is 1. The molecule has 0 aromatic heterocycles. The number of carbonyl (C=O) groups is 1. The van der Waals surface area contributed by atoms with Gasteiger partial charge in [-0.3, -0.25) is 4.79 Å². The van der Waals surface area contributed by atoms with E-state index in [1.54, 1.807) is 12.1 Å². The van der Waals surface area contributed by atoms with Gasteiger partial charge in [0.05, 0.1) is 13.3 Å². The first-order valence-electron chi connectivity index (χ1n) is 11.4. The number of nitrogens with one attached hydrogen (secondary N) is 1. The largest absolute Gasteiger partial charge is 0.365 e. The molecule has 3 aromatic carbocycles. The van der Waals surface area contributed by atoms with E-state index in [9.17, 15) is 4.79 Å². The summed E-state index contributed by atoms with van der Waals surface area (Å²) < 4.78 is 6.29. The second-order valence-electron chi connectivity index (χ2n) is 8.32. The third-order valence-corrected chi connectivity index (χ3v) is 7.01. The van der Waals surface area contributed by atoms with Crippen LogP contribution in [0, 0.1) is 0 Å². The molecule has 4 rings (SSSR count). The Morgan fingerprint density at radius 3 is 2.39 bits per heavy atom. The van der Waals surface area contributed by atoms with Crippen LogP contribution in [0.5, 0.6) is 0 Å². The van der Waals surface area contributed by atoms with Gasteiger partial charge in [-0.1, -0.05) is 82.8 Å². The van der Waals surface area contributed by atoms with Crippen molar-refractivity contribution in [3.63, 3.8) is 0 Å². The summed E-state index contributed by atoms with van der Waals surface area (Å²) in [6.45, 7) is 1.34. The molecule has 1 aliphatic rings. The lowest BCUT2D eigenvalue weighted by atomic mass is 10.1. The van der Waals surface area contributed by atoms with E-state index in [-0.39, 0.29) is 12.5 Å². The molecule has 0 aliphatic carbocycles. The zero-order valence-electron chi connectivity index (χ0n) is 19.3. The topological polar surface area (TPSA) is 44.8 Å². The maximum Gasteiger partial charge on any atom is 0.226 e. The van der Waals surface area contributed by atoms with Crippen molar-refractivity contribution in [2.24, 2.45) is 0 Å². The smallest absolute Gasteiger partial charge is 0.226 e. The molecule has 1 N–H and O–H groups in total. The highest BCUT2D eigenvalue weighted by Gasteiger charge is 2.29. The monoisotopic (exact) mass is 563 g/mol. The third-order valence-electron chi connectivity index (χ3n) is 5.70. The first kappa shape index (κ1) is 26.6. The molecule has 0 spiro atoms. The average Bonchev–Trinajstić information content (AvgIpc) is 3.35. The Kier molecular flexibility index (Phi) is 9.41. The van der Waals surface area contributed by atoms with Crippen molar-refractivity contribution >= 4 is 58.0 Å². The molecule has 9 heteroatoms. The summed E-state index contributed by atoms with van der Waals surface area (Å²) in [6.07, 6.45) is 3.72. The molecule has 0 fully saturated rings. The number of ether oxygens (including phenoxy) is 1. The Labute approximate surface area is 231 Å². The molecular weight excluding hydrogens is 540 g/mol. The number of nitrogens with zero attached hydrogens (tertiary/aromatic N) is 2. The molecule has 36 heavy (non-hydrogen) atoms. The molecule has 3 aromatic rings. The minimum atomic E-state index is -0.517. The van der Waals surface area contributed by atoms with Gasteiger partial charge in [0.15, 0.2) is 0 Å². The zero-order valence-corrected chi connectivity index (χ0v) is 22.3. The Bertz CT molecular complexity index is 1190. The van der Waals surface area contributed by atoms with Gasteiger partial charge in [0.1, 0.15) is 11.6 Å². The standard InChI is InChI=1S/C27H25Cl4N3O2/c28-21-9-6-19(7-10-21)26(36-17-20-8-11-22(29)16-24(20)30)27(31)34-15-14-33(18-34)13-12-25(35)32-23-4-2-1-3-5-23/h1-11,14-16,26-27H,12-13,17-18H2,(H,32,35). The van der Waals surface area contributed by atoms with E-state index in [0.29, 0.717) is 34.7 Å². The average molecular weight is 565 g/mol. The molecule has 1 heterocycles. The predicted molar refractivity (Wildman–Crippen MR) is 147 cm³/mol. The number of benzene rings is 3. The van der Waals surface area contributed by atoms with E-state index >= 15 is 0 Å². The minimum Gasteiger partial charge on any atom is -0.365 e. The van der Waals surface area contributed by atoms with Crippen LogP contribution in [0.3, 0.4) is 0 Å². The number of halogens is 4. The summed E-state index contributed by atoms with van der Waals surface area (Å²) >= 11 is 25.4. The molecule has 1 aliphatic heterocycles. The second-order valence-corrected chi connectivity index (χ2v) is 10.0. The lowest BCUT2D eigenvalue weighted by Crippen LogP contribution is -2.36. The fourth-order valence-corrected chi connectivity index (χ4v) is 4.69. The number of anilines is 1. The van der Waals surface area contributed by atoms with Crippen LogP contribution in [0.2, 0.25) is 15.1 Å². The lowest BCUT2D eigenvalue weighted by molar-refractivity contribution is -0.116. The highest BCUT2D eigenvalue weighted by molar-refractivity contribution is 6.35. The van der Waals surface area contributed by atoms with Gasteiger partial charge in [0.25, 0.3) is 0 Å². The summed E-state index contributed by atoms with van der Waals surface area (Å²) in [5.41, 5.74) is 1.97. The summed E-state index contributed by atoms with van der Waals surface area (Å²) in [6, 6.07) is 22.1. The van der Waals surface area contributed by atoms with Crippen LogP contribution in [-0.2, 0) is 16.1 Å². The molecule has 2 atom stereocenters. The van der Waals surface area contributed by atoms with Crippen molar-refractivity contribution in [1.82, 2.24) is 9.80 Å². The SMILES string of the molecule is O=C(CCN1C=CN(C(Cl)C(OCc2ccc(Cl)cc2Cl)c2ccc(Cl)cc2)C1)Nc1ccccc1. The highest BCUT2D eigenvalue weighted by atomic mass is 35.5. The molecule has 2 unspecified atom stereocenters. The number of rotatable bonds is 10. The maximum absolute atomic E-state index is 12.3. The quantitative estimate of drug-likeness (QED) is 0.204. The van der Waals surface area contributed by atoms with Gasteiger partial charge in [-0.05, 0) is 47.5 Å². The van der Waals surface area contributed by atoms with Gasteiger partial charge in [-0.15, -0.1) is 0 Å². The van der Waals surface area contributed by atoms with Crippen molar-refractivity contribution in [3.05, 3.63) is 111 Å². The first-order valence-corrected chi connectivity index (χ1v) is 12.9. The van der Waals surface area contributed by atoms with Gasteiger partial charge >= 0.3 is 0 Å². The summed E-state index contributed by atoms with van der Waals surface area (Å²) in [5.74, 6) is -0.0438. The Morgan fingerprint density at radius 2 is 1.67 bits per heavy atom. The van der Waals surface area contributed by atoms with E-state index < -0.39 is 11.6 Å². The van der Waals surface area contributed by atoms with Crippen LogP contribution in [0.25, 0.3) is 0 Å². The van der Waals surface area contributed by atoms with Crippen molar-refractivity contribution < 1.29 is 9.53 Å². The number of hydrogen-bond donors (Lipinski definition) is 1. The van der Waals surface area contributed by atoms with Crippen LogP contribution < -0.4 is 5.32 Å². The third kappa shape index (κ3) is 7.31. The van der Waals surface area contributed by atoms with Crippen LogP contribution >= 0.6 is 46.4 Å². The molecule has 0 bridgehead atoms. The van der Waals surface area contributed by atoms with Crippen molar-refractivity contribution in [2.75, 3.05) is 18.5 Å². The molecule has 188 valence electrons. The molecule has 0 saturated heterocycles. The molecule has 5 nitrogen and oxygen atoms in total. The van der Waals surface area contributed by atoms with Crippen LogP contribution in [0.1, 0.15) is 23.7 Å². The molecule has 0 radical (unpaired) electrons. The second kappa shape index (κ2) is 12.7. The van der Waals surface area contributed by atoms with Gasteiger partial charge in [0.2, 0.25) is 5.91 Å². The maximum atomic E-state index is 12.3. The fourth-order valence-electron chi connectivity index (χ4n) is 3.76. The van der Waals surface area contributed by atoms with Crippen LogP contribution in [0.15, 0.2) is 85.2 Å². The van der Waals surface area contributed by atoms with Crippen LogP contribution in [0.4, 0.5) is 5.69 Å². The Hall–Kier alpha value is -2.41. The van der Waals surface area contributed by atoms with E-state index in [2.05, 4.69) is 5.32 Å². The van der Waals surface area contributed by atoms with Crippen molar-refractivity contribution in [1.29, 1.82) is 0 Å². The number of hydrogen-bond acceptors (Lipinski definition) is 4. The fraction of sp³-hybridized carbons (Fsp3) is 0.222.